The Bertz CT molecular complexity index is 564. The number of nitriles is 1. The normalized spacial score (nSPS) is 11.5. The third-order valence-electron chi connectivity index (χ3n) is 1.95. The van der Waals surface area contributed by atoms with Crippen LogP contribution in [0.5, 0.6) is 0 Å². The fourth-order valence-electron chi connectivity index (χ4n) is 1.08. The van der Waals surface area contributed by atoms with Gasteiger partial charge in [-0.05, 0) is 24.1 Å². The Balaban J connectivity index is 2.89. The lowest BCUT2D eigenvalue weighted by Gasteiger charge is -2.09. The highest BCUT2D eigenvalue weighted by atomic mass is 32.2. The molecule has 0 saturated heterocycles. The van der Waals surface area contributed by atoms with Crippen LogP contribution in [0.3, 0.4) is 0 Å². The molecule has 0 radical (unpaired) electrons. The van der Waals surface area contributed by atoms with E-state index < -0.39 is 15.8 Å². The Hall–Kier alpha value is -1.49. The number of nitrogens with zero attached hydrogens (tertiary/aromatic N) is 1. The van der Waals surface area contributed by atoms with Gasteiger partial charge in [0, 0.05) is 0 Å². The lowest BCUT2D eigenvalue weighted by Crippen LogP contribution is -2.26. The van der Waals surface area contributed by atoms with Crippen molar-refractivity contribution < 1.29 is 17.6 Å². The van der Waals surface area contributed by atoms with Crippen LogP contribution in [0.1, 0.15) is 19.4 Å². The summed E-state index contributed by atoms with van der Waals surface area (Å²) in [6.07, 6.45) is 0. The molecule has 0 atom stereocenters. The summed E-state index contributed by atoms with van der Waals surface area (Å²) in [6.45, 7) is 3.94. The van der Waals surface area contributed by atoms with Crippen LogP contribution >= 0.6 is 0 Å². The van der Waals surface area contributed by atoms with Crippen molar-refractivity contribution in [2.75, 3.05) is 6.61 Å². The molecule has 0 spiro atoms. The van der Waals surface area contributed by atoms with Gasteiger partial charge in [0.2, 0.25) is 0 Å². The minimum Gasteiger partial charge on any atom is -0.287 e. The van der Waals surface area contributed by atoms with Crippen LogP contribution in [0.25, 0.3) is 0 Å². The van der Waals surface area contributed by atoms with Gasteiger partial charge in [0.25, 0.3) is 10.0 Å². The van der Waals surface area contributed by atoms with Crippen LogP contribution in [0, 0.1) is 23.1 Å². The van der Waals surface area contributed by atoms with E-state index in [0.717, 1.165) is 18.2 Å². The minimum atomic E-state index is -3.90. The van der Waals surface area contributed by atoms with Gasteiger partial charge in [-0.1, -0.05) is 18.7 Å². The highest BCUT2D eigenvalue weighted by Crippen LogP contribution is 2.14. The topological polar surface area (TPSA) is 79.2 Å². The van der Waals surface area contributed by atoms with E-state index in [4.69, 9.17) is 10.1 Å². The maximum absolute atomic E-state index is 13.0. The molecule has 0 heterocycles. The summed E-state index contributed by atoms with van der Waals surface area (Å²) in [5.74, 6) is -0.602. The summed E-state index contributed by atoms with van der Waals surface area (Å²) >= 11 is 0. The van der Waals surface area contributed by atoms with Crippen LogP contribution in [-0.2, 0) is 14.9 Å². The van der Waals surface area contributed by atoms with Crippen molar-refractivity contribution in [3.05, 3.63) is 29.6 Å². The monoisotopic (exact) mass is 272 g/mol. The molecule has 0 aliphatic heterocycles. The Morgan fingerprint density at radius 1 is 1.50 bits per heavy atom. The van der Waals surface area contributed by atoms with Gasteiger partial charge in [-0.25, -0.2) is 12.8 Å². The second-order valence-corrected chi connectivity index (χ2v) is 5.69. The number of benzene rings is 1. The third kappa shape index (κ3) is 3.77. The fraction of sp³-hybridized carbons (Fsp3) is 0.364. The molecular formula is C11H13FN2O3S. The number of nitrogens with one attached hydrogen (secondary N) is 1. The smallest absolute Gasteiger partial charge is 0.262 e. The van der Waals surface area contributed by atoms with Gasteiger partial charge in [0.05, 0.1) is 17.1 Å². The molecule has 0 amide bonds. The Morgan fingerprint density at radius 3 is 2.72 bits per heavy atom. The van der Waals surface area contributed by atoms with Gasteiger partial charge >= 0.3 is 0 Å². The number of halogens is 1. The predicted octanol–water partition coefficient (Wildman–Crippen LogP) is 1.56. The van der Waals surface area contributed by atoms with Crippen LogP contribution < -0.4 is 4.89 Å². The van der Waals surface area contributed by atoms with Gasteiger partial charge in [0.1, 0.15) is 11.9 Å². The molecular weight excluding hydrogens is 259 g/mol. The minimum absolute atomic E-state index is 0.163. The number of hydrogen-bond acceptors (Lipinski definition) is 4. The molecule has 0 fully saturated rings. The highest BCUT2D eigenvalue weighted by Gasteiger charge is 2.16. The van der Waals surface area contributed by atoms with Crippen LogP contribution in [0.2, 0.25) is 0 Å². The summed E-state index contributed by atoms with van der Waals surface area (Å²) in [4.78, 5) is 6.50. The van der Waals surface area contributed by atoms with E-state index in [0.29, 0.717) is 0 Å². The molecule has 1 N–H and O–H groups in total. The number of sulfonamides is 1. The quantitative estimate of drug-likeness (QED) is 0.825. The molecule has 5 nitrogen and oxygen atoms in total. The molecule has 0 saturated carbocycles. The lowest BCUT2D eigenvalue weighted by molar-refractivity contribution is 0.0718. The molecule has 1 aromatic carbocycles. The molecule has 0 aliphatic carbocycles. The molecule has 0 unspecified atom stereocenters. The van der Waals surface area contributed by atoms with E-state index in [2.05, 4.69) is 0 Å². The molecule has 98 valence electrons. The average Bonchev–Trinajstić information content (AvgIpc) is 2.28. The zero-order valence-electron chi connectivity index (χ0n) is 9.97. The number of rotatable bonds is 5. The number of hydrogen-bond donors (Lipinski definition) is 1. The predicted molar refractivity (Wildman–Crippen MR) is 62.2 cm³/mol. The largest absolute Gasteiger partial charge is 0.287 e. The molecule has 18 heavy (non-hydrogen) atoms. The van der Waals surface area contributed by atoms with E-state index >= 15 is 0 Å². The van der Waals surface area contributed by atoms with Gasteiger partial charge in [-0.2, -0.15) is 5.26 Å². The van der Waals surface area contributed by atoms with Crippen molar-refractivity contribution in [1.29, 1.82) is 5.26 Å². The van der Waals surface area contributed by atoms with Gasteiger partial charge < -0.3 is 0 Å². The summed E-state index contributed by atoms with van der Waals surface area (Å²) < 4.78 is 36.5. The highest BCUT2D eigenvalue weighted by molar-refractivity contribution is 7.89. The SMILES string of the molecule is CC(C)CONS(=O)(=O)c1ccc(F)c(C#N)c1. The van der Waals surface area contributed by atoms with Crippen molar-refractivity contribution in [3.8, 4) is 6.07 Å². The maximum Gasteiger partial charge on any atom is 0.262 e. The first-order valence-corrected chi connectivity index (χ1v) is 6.68. The van der Waals surface area contributed by atoms with Gasteiger partial charge in [-0.3, -0.25) is 4.84 Å². The van der Waals surface area contributed by atoms with Crippen LogP contribution in [-0.4, -0.2) is 15.0 Å². The summed E-state index contributed by atoms with van der Waals surface area (Å²) in [5.41, 5.74) is -0.332. The van der Waals surface area contributed by atoms with Crippen molar-refractivity contribution in [2.45, 2.75) is 18.7 Å². The Morgan fingerprint density at radius 2 is 2.17 bits per heavy atom. The summed E-state index contributed by atoms with van der Waals surface area (Å²) in [6, 6.07) is 4.52. The summed E-state index contributed by atoms with van der Waals surface area (Å²) in [7, 11) is -3.90. The fourth-order valence-corrected chi connectivity index (χ4v) is 1.92. The second kappa shape index (κ2) is 5.91. The molecule has 1 aromatic rings. The van der Waals surface area contributed by atoms with Gasteiger partial charge in [0.15, 0.2) is 0 Å². The molecule has 7 heteroatoms. The van der Waals surface area contributed by atoms with Crippen molar-refractivity contribution in [1.82, 2.24) is 4.89 Å². The van der Waals surface area contributed by atoms with E-state index in [-0.39, 0.29) is 23.0 Å². The molecule has 0 aromatic heterocycles. The van der Waals surface area contributed by atoms with Gasteiger partial charge in [-0.15, -0.1) is 0 Å². The zero-order valence-corrected chi connectivity index (χ0v) is 10.8. The molecule has 0 bridgehead atoms. The second-order valence-electron chi connectivity index (χ2n) is 4.05. The standard InChI is InChI=1S/C11H13FN2O3S/c1-8(2)7-17-14-18(15,16)10-3-4-11(12)9(5-10)6-13/h3-5,8,14H,7H2,1-2H3. The Kier molecular flexibility index (Phi) is 4.78. The third-order valence-corrected chi connectivity index (χ3v) is 3.17. The van der Waals surface area contributed by atoms with E-state index in [1.807, 2.05) is 18.7 Å². The first kappa shape index (κ1) is 14.6. The van der Waals surface area contributed by atoms with E-state index in [1.165, 1.54) is 0 Å². The molecule has 0 aliphatic rings. The van der Waals surface area contributed by atoms with Crippen LogP contribution in [0.15, 0.2) is 23.1 Å². The van der Waals surface area contributed by atoms with Crippen molar-refractivity contribution in [2.24, 2.45) is 5.92 Å². The van der Waals surface area contributed by atoms with E-state index in [9.17, 15) is 12.8 Å². The first-order chi connectivity index (χ1) is 8.36. The molecule has 1 rings (SSSR count). The van der Waals surface area contributed by atoms with Crippen molar-refractivity contribution in [3.63, 3.8) is 0 Å². The average molecular weight is 272 g/mol. The summed E-state index contributed by atoms with van der Waals surface area (Å²) in [5, 5.41) is 8.62. The van der Waals surface area contributed by atoms with Crippen LogP contribution in [0.4, 0.5) is 4.39 Å². The zero-order chi connectivity index (χ0) is 13.8. The Labute approximate surface area is 105 Å². The maximum atomic E-state index is 13.0. The van der Waals surface area contributed by atoms with Crippen molar-refractivity contribution >= 4 is 10.0 Å². The first-order valence-electron chi connectivity index (χ1n) is 5.20. The van der Waals surface area contributed by atoms with E-state index in [1.54, 1.807) is 6.07 Å². The lowest BCUT2D eigenvalue weighted by atomic mass is 10.2.